The molecule has 1 aromatic carbocycles. The molecule has 2 rings (SSSR count). The van der Waals surface area contributed by atoms with Crippen LogP contribution in [0.5, 0.6) is 0 Å². The molecule has 84 valence electrons. The van der Waals surface area contributed by atoms with E-state index in [0.29, 0.717) is 5.92 Å². The first-order valence-corrected chi connectivity index (χ1v) is 6.92. The summed E-state index contributed by atoms with van der Waals surface area (Å²) >= 11 is 5.37. The number of halogens is 1. The standard InChI is InChI=1S/C13H14BrNS/c1-8(2)13-15-12(9(3)16-13)10-6-4-5-7-11(10)14/h4-8H,1-3H3. The first kappa shape index (κ1) is 11.8. The van der Waals surface area contributed by atoms with Gasteiger partial charge in [-0.15, -0.1) is 11.3 Å². The molecule has 1 heterocycles. The topological polar surface area (TPSA) is 12.9 Å². The van der Waals surface area contributed by atoms with Crippen molar-refractivity contribution in [3.63, 3.8) is 0 Å². The molecule has 0 bridgehead atoms. The summed E-state index contributed by atoms with van der Waals surface area (Å²) in [6.45, 7) is 6.50. The SMILES string of the molecule is Cc1sc(C(C)C)nc1-c1ccccc1Br. The molecule has 0 fully saturated rings. The Morgan fingerprint density at radius 1 is 1.25 bits per heavy atom. The third kappa shape index (κ3) is 2.20. The maximum absolute atomic E-state index is 4.73. The fraction of sp³-hybridized carbons (Fsp3) is 0.308. The molecule has 0 aliphatic carbocycles. The lowest BCUT2D eigenvalue weighted by Gasteiger charge is -2.01. The normalized spacial score (nSPS) is 11.1. The molecule has 3 heteroatoms. The molecular formula is C13H14BrNS. The van der Waals surface area contributed by atoms with Gasteiger partial charge in [0.25, 0.3) is 0 Å². The minimum Gasteiger partial charge on any atom is -0.241 e. The van der Waals surface area contributed by atoms with Crippen molar-refractivity contribution in [3.8, 4) is 11.3 Å². The van der Waals surface area contributed by atoms with Gasteiger partial charge in [-0.2, -0.15) is 0 Å². The fourth-order valence-corrected chi connectivity index (χ4v) is 2.98. The van der Waals surface area contributed by atoms with Gasteiger partial charge < -0.3 is 0 Å². The summed E-state index contributed by atoms with van der Waals surface area (Å²) in [6, 6.07) is 8.24. The van der Waals surface area contributed by atoms with E-state index >= 15 is 0 Å². The monoisotopic (exact) mass is 295 g/mol. The number of aromatic nitrogens is 1. The molecular weight excluding hydrogens is 282 g/mol. The van der Waals surface area contributed by atoms with Gasteiger partial charge >= 0.3 is 0 Å². The van der Waals surface area contributed by atoms with Crippen LogP contribution in [0.2, 0.25) is 0 Å². The van der Waals surface area contributed by atoms with Gasteiger partial charge in [0, 0.05) is 20.8 Å². The van der Waals surface area contributed by atoms with Crippen molar-refractivity contribution in [2.45, 2.75) is 26.7 Å². The van der Waals surface area contributed by atoms with Crippen LogP contribution in [0.25, 0.3) is 11.3 Å². The molecule has 0 aliphatic rings. The molecule has 0 N–H and O–H groups in total. The highest BCUT2D eigenvalue weighted by atomic mass is 79.9. The van der Waals surface area contributed by atoms with Crippen LogP contribution in [0.1, 0.15) is 29.7 Å². The van der Waals surface area contributed by atoms with Crippen LogP contribution in [-0.4, -0.2) is 4.98 Å². The summed E-state index contributed by atoms with van der Waals surface area (Å²) in [6.07, 6.45) is 0. The fourth-order valence-electron chi connectivity index (χ4n) is 1.57. The third-order valence-corrected chi connectivity index (χ3v) is 4.40. The van der Waals surface area contributed by atoms with Gasteiger partial charge in [-0.25, -0.2) is 4.98 Å². The Bertz CT molecular complexity index is 502. The number of nitrogens with zero attached hydrogens (tertiary/aromatic N) is 1. The quantitative estimate of drug-likeness (QED) is 0.759. The predicted octanol–water partition coefficient (Wildman–Crippen LogP) is 5.00. The largest absolute Gasteiger partial charge is 0.241 e. The Kier molecular flexibility index (Phi) is 3.45. The molecule has 16 heavy (non-hydrogen) atoms. The molecule has 0 saturated heterocycles. The molecule has 0 aliphatic heterocycles. The Morgan fingerprint density at radius 2 is 1.94 bits per heavy atom. The number of benzene rings is 1. The zero-order chi connectivity index (χ0) is 11.7. The predicted molar refractivity (Wildman–Crippen MR) is 74.1 cm³/mol. The second-order valence-electron chi connectivity index (χ2n) is 4.09. The average Bonchev–Trinajstić information content (AvgIpc) is 2.61. The van der Waals surface area contributed by atoms with Crippen LogP contribution in [0, 0.1) is 6.92 Å². The molecule has 0 amide bonds. The highest BCUT2D eigenvalue weighted by molar-refractivity contribution is 9.10. The number of aryl methyl sites for hydroxylation is 1. The Balaban J connectivity index is 2.52. The third-order valence-electron chi connectivity index (χ3n) is 2.44. The summed E-state index contributed by atoms with van der Waals surface area (Å²) in [5.74, 6) is 0.500. The van der Waals surface area contributed by atoms with Crippen molar-refractivity contribution >= 4 is 27.3 Å². The minimum atomic E-state index is 0.500. The summed E-state index contributed by atoms with van der Waals surface area (Å²) in [5.41, 5.74) is 2.30. The minimum absolute atomic E-state index is 0.500. The van der Waals surface area contributed by atoms with E-state index in [1.165, 1.54) is 15.4 Å². The summed E-state index contributed by atoms with van der Waals surface area (Å²) in [4.78, 5) is 6.02. The van der Waals surface area contributed by atoms with Gasteiger partial charge in [0.15, 0.2) is 0 Å². The second-order valence-corrected chi connectivity index (χ2v) is 6.18. The van der Waals surface area contributed by atoms with Crippen LogP contribution in [-0.2, 0) is 0 Å². The maximum Gasteiger partial charge on any atom is 0.0960 e. The van der Waals surface area contributed by atoms with Crippen molar-refractivity contribution in [1.82, 2.24) is 4.98 Å². The van der Waals surface area contributed by atoms with Crippen molar-refractivity contribution in [1.29, 1.82) is 0 Å². The summed E-state index contributed by atoms with van der Waals surface area (Å²) in [7, 11) is 0. The van der Waals surface area contributed by atoms with E-state index in [0.717, 1.165) is 10.2 Å². The van der Waals surface area contributed by atoms with Gasteiger partial charge in [-0.1, -0.05) is 48.0 Å². The first-order valence-electron chi connectivity index (χ1n) is 5.32. The second kappa shape index (κ2) is 4.68. The van der Waals surface area contributed by atoms with Gasteiger partial charge in [0.2, 0.25) is 0 Å². The Morgan fingerprint density at radius 3 is 2.50 bits per heavy atom. The first-order chi connectivity index (χ1) is 7.59. The highest BCUT2D eigenvalue weighted by Crippen LogP contribution is 2.34. The van der Waals surface area contributed by atoms with E-state index < -0.39 is 0 Å². The number of rotatable bonds is 2. The van der Waals surface area contributed by atoms with Crippen molar-refractivity contribution in [2.75, 3.05) is 0 Å². The molecule has 0 unspecified atom stereocenters. The van der Waals surface area contributed by atoms with E-state index in [2.05, 4.69) is 48.8 Å². The molecule has 0 saturated carbocycles. The van der Waals surface area contributed by atoms with E-state index in [1.807, 2.05) is 12.1 Å². The van der Waals surface area contributed by atoms with Gasteiger partial charge in [0.05, 0.1) is 10.7 Å². The highest BCUT2D eigenvalue weighted by Gasteiger charge is 2.13. The van der Waals surface area contributed by atoms with E-state index in [-0.39, 0.29) is 0 Å². The maximum atomic E-state index is 4.73. The van der Waals surface area contributed by atoms with Crippen LogP contribution >= 0.6 is 27.3 Å². The molecule has 2 aromatic rings. The van der Waals surface area contributed by atoms with Crippen molar-refractivity contribution in [2.24, 2.45) is 0 Å². The van der Waals surface area contributed by atoms with E-state index in [1.54, 1.807) is 11.3 Å². The van der Waals surface area contributed by atoms with Gasteiger partial charge in [-0.3, -0.25) is 0 Å². The van der Waals surface area contributed by atoms with E-state index in [4.69, 9.17) is 4.98 Å². The molecule has 0 atom stereocenters. The average molecular weight is 296 g/mol. The lowest BCUT2D eigenvalue weighted by Crippen LogP contribution is -1.86. The van der Waals surface area contributed by atoms with Gasteiger partial charge in [0.1, 0.15) is 0 Å². The lowest BCUT2D eigenvalue weighted by atomic mass is 10.1. The van der Waals surface area contributed by atoms with Crippen LogP contribution < -0.4 is 0 Å². The van der Waals surface area contributed by atoms with Crippen molar-refractivity contribution in [3.05, 3.63) is 38.6 Å². The van der Waals surface area contributed by atoms with E-state index in [9.17, 15) is 0 Å². The smallest absolute Gasteiger partial charge is 0.0960 e. The Labute approximate surface area is 109 Å². The molecule has 1 aromatic heterocycles. The Hall–Kier alpha value is -0.670. The van der Waals surface area contributed by atoms with Crippen molar-refractivity contribution < 1.29 is 0 Å². The summed E-state index contributed by atoms with van der Waals surface area (Å²) < 4.78 is 1.11. The summed E-state index contributed by atoms with van der Waals surface area (Å²) in [5, 5.41) is 1.21. The molecule has 1 nitrogen and oxygen atoms in total. The molecule has 0 spiro atoms. The number of hydrogen-bond donors (Lipinski definition) is 0. The zero-order valence-electron chi connectivity index (χ0n) is 9.62. The van der Waals surface area contributed by atoms with Gasteiger partial charge in [-0.05, 0) is 13.0 Å². The molecule has 0 radical (unpaired) electrons. The zero-order valence-corrected chi connectivity index (χ0v) is 12.0. The van der Waals surface area contributed by atoms with Crippen LogP contribution in [0.15, 0.2) is 28.7 Å². The number of thiazole rings is 1. The lowest BCUT2D eigenvalue weighted by molar-refractivity contribution is 0.853. The number of hydrogen-bond acceptors (Lipinski definition) is 2. The van der Waals surface area contributed by atoms with Crippen LogP contribution in [0.4, 0.5) is 0 Å². The van der Waals surface area contributed by atoms with Crippen LogP contribution in [0.3, 0.4) is 0 Å².